The van der Waals surface area contributed by atoms with Gasteiger partial charge < -0.3 is 15.7 Å². The number of benzene rings is 1. The molecule has 2 aromatic rings. The first-order chi connectivity index (χ1) is 12.6. The van der Waals surface area contributed by atoms with Crippen LogP contribution in [0.1, 0.15) is 38.3 Å². The summed E-state index contributed by atoms with van der Waals surface area (Å²) in [5.74, 6) is -1.15. The Balaban J connectivity index is 1.68. The maximum absolute atomic E-state index is 12.3. The van der Waals surface area contributed by atoms with Crippen molar-refractivity contribution in [2.24, 2.45) is 5.92 Å². The molecule has 1 aliphatic carbocycles. The van der Waals surface area contributed by atoms with Gasteiger partial charge in [-0.3, -0.25) is 4.79 Å². The molecule has 0 aliphatic heterocycles. The molecule has 0 unspecified atom stereocenters. The molecular formula is C19H24N4O3. The number of nitrogens with one attached hydrogen (secondary N) is 2. The molecule has 7 nitrogen and oxygen atoms in total. The summed E-state index contributed by atoms with van der Waals surface area (Å²) in [5.41, 5.74) is 2.58. The van der Waals surface area contributed by atoms with Gasteiger partial charge in [-0.1, -0.05) is 31.5 Å². The van der Waals surface area contributed by atoms with Crippen LogP contribution in [-0.2, 0) is 11.2 Å². The minimum Gasteiger partial charge on any atom is -0.481 e. The molecule has 0 spiro atoms. The number of hydrogen-bond donors (Lipinski definition) is 3. The fourth-order valence-electron chi connectivity index (χ4n) is 3.43. The van der Waals surface area contributed by atoms with Crippen LogP contribution in [0.4, 0.5) is 10.5 Å². The van der Waals surface area contributed by atoms with Gasteiger partial charge in [0, 0.05) is 6.04 Å². The fraction of sp³-hybridized carbons (Fsp3) is 0.421. The zero-order chi connectivity index (χ0) is 18.5. The molecule has 0 bridgehead atoms. The Kier molecular flexibility index (Phi) is 5.55. The lowest BCUT2D eigenvalue weighted by molar-refractivity contribution is -0.141. The van der Waals surface area contributed by atoms with Gasteiger partial charge in [0.1, 0.15) is 0 Å². The van der Waals surface area contributed by atoms with Gasteiger partial charge in [-0.05, 0) is 37.8 Å². The topological polar surface area (TPSA) is 96.2 Å². The largest absolute Gasteiger partial charge is 0.481 e. The van der Waals surface area contributed by atoms with Crippen LogP contribution >= 0.6 is 0 Å². The number of aliphatic carboxylic acids is 1. The maximum atomic E-state index is 12.3. The highest BCUT2D eigenvalue weighted by Crippen LogP contribution is 2.26. The molecule has 1 aliphatic rings. The van der Waals surface area contributed by atoms with Crippen LogP contribution in [-0.4, -0.2) is 32.9 Å². The van der Waals surface area contributed by atoms with Gasteiger partial charge in [-0.25, -0.2) is 9.48 Å². The molecule has 1 aromatic carbocycles. The number of carboxylic acid groups (broad SMARTS) is 1. The summed E-state index contributed by atoms with van der Waals surface area (Å²) < 4.78 is 1.84. The molecule has 0 saturated heterocycles. The van der Waals surface area contributed by atoms with E-state index in [0.29, 0.717) is 24.9 Å². The zero-order valence-electron chi connectivity index (χ0n) is 14.8. The predicted molar refractivity (Wildman–Crippen MR) is 98.5 cm³/mol. The number of carbonyl (C=O) groups excluding carboxylic acids is 1. The van der Waals surface area contributed by atoms with Gasteiger partial charge in [-0.2, -0.15) is 5.10 Å². The van der Waals surface area contributed by atoms with E-state index in [1.165, 1.54) is 0 Å². The lowest BCUT2D eigenvalue weighted by Crippen LogP contribution is -2.36. The lowest BCUT2D eigenvalue weighted by Gasteiger charge is -2.14. The first-order valence-electron chi connectivity index (χ1n) is 9.01. The SMILES string of the molecule is CCCc1c(NC(=O)N[C@@H]2CC[C@H](C(=O)O)C2)cnn1-c1ccccc1. The average Bonchev–Trinajstić information content (AvgIpc) is 3.24. The van der Waals surface area contributed by atoms with Gasteiger partial charge >= 0.3 is 12.0 Å². The van der Waals surface area contributed by atoms with Gasteiger partial charge in [0.15, 0.2) is 0 Å². The normalized spacial score (nSPS) is 19.3. The van der Waals surface area contributed by atoms with Crippen LogP contribution in [0, 0.1) is 5.92 Å². The number of carboxylic acids is 1. The Morgan fingerprint density at radius 1 is 1.27 bits per heavy atom. The molecule has 1 heterocycles. The fourth-order valence-corrected chi connectivity index (χ4v) is 3.43. The molecule has 7 heteroatoms. The monoisotopic (exact) mass is 356 g/mol. The molecule has 138 valence electrons. The minimum absolute atomic E-state index is 0.102. The molecule has 2 atom stereocenters. The Labute approximate surface area is 152 Å². The van der Waals surface area contributed by atoms with Gasteiger partial charge in [0.2, 0.25) is 0 Å². The summed E-state index contributed by atoms with van der Waals surface area (Å²) in [5, 5.41) is 19.2. The minimum atomic E-state index is -0.788. The van der Waals surface area contributed by atoms with Crippen molar-refractivity contribution in [3.63, 3.8) is 0 Å². The quantitative estimate of drug-likeness (QED) is 0.740. The van der Waals surface area contributed by atoms with Crippen molar-refractivity contribution in [3.05, 3.63) is 42.2 Å². The van der Waals surface area contributed by atoms with E-state index in [1.54, 1.807) is 6.20 Å². The summed E-state index contributed by atoms with van der Waals surface area (Å²) in [6.07, 6.45) is 5.15. The van der Waals surface area contributed by atoms with Crippen LogP contribution in [0.2, 0.25) is 0 Å². The van der Waals surface area contributed by atoms with Crippen LogP contribution in [0.3, 0.4) is 0 Å². The van der Waals surface area contributed by atoms with Crippen LogP contribution < -0.4 is 10.6 Å². The van der Waals surface area contributed by atoms with E-state index in [1.807, 2.05) is 35.0 Å². The number of aromatic nitrogens is 2. The van der Waals surface area contributed by atoms with Gasteiger partial charge in [0.25, 0.3) is 0 Å². The summed E-state index contributed by atoms with van der Waals surface area (Å²) >= 11 is 0. The number of rotatable bonds is 6. The zero-order valence-corrected chi connectivity index (χ0v) is 14.8. The van der Waals surface area contributed by atoms with E-state index in [4.69, 9.17) is 5.11 Å². The van der Waals surface area contributed by atoms with Crippen molar-refractivity contribution in [1.82, 2.24) is 15.1 Å². The molecule has 0 radical (unpaired) electrons. The number of para-hydroxylation sites is 1. The second kappa shape index (κ2) is 8.03. The number of hydrogen-bond acceptors (Lipinski definition) is 3. The smallest absolute Gasteiger partial charge is 0.319 e. The van der Waals surface area contributed by atoms with E-state index in [0.717, 1.165) is 24.2 Å². The average molecular weight is 356 g/mol. The Morgan fingerprint density at radius 2 is 2.04 bits per heavy atom. The Bertz CT molecular complexity index is 772. The third kappa shape index (κ3) is 4.04. The van der Waals surface area contributed by atoms with Gasteiger partial charge in [-0.15, -0.1) is 0 Å². The highest BCUT2D eigenvalue weighted by Gasteiger charge is 2.30. The maximum Gasteiger partial charge on any atom is 0.319 e. The molecule has 1 aromatic heterocycles. The van der Waals surface area contributed by atoms with Crippen molar-refractivity contribution in [2.45, 2.75) is 45.1 Å². The van der Waals surface area contributed by atoms with Crippen molar-refractivity contribution >= 4 is 17.7 Å². The highest BCUT2D eigenvalue weighted by molar-refractivity contribution is 5.90. The van der Waals surface area contributed by atoms with E-state index < -0.39 is 5.97 Å². The van der Waals surface area contributed by atoms with Crippen LogP contribution in [0.25, 0.3) is 5.69 Å². The van der Waals surface area contributed by atoms with Crippen molar-refractivity contribution < 1.29 is 14.7 Å². The lowest BCUT2D eigenvalue weighted by atomic mass is 10.1. The molecular weight excluding hydrogens is 332 g/mol. The molecule has 1 saturated carbocycles. The van der Waals surface area contributed by atoms with E-state index in [9.17, 15) is 9.59 Å². The molecule has 1 fully saturated rings. The standard InChI is InChI=1S/C19H24N4O3/c1-2-6-17-16(12-20-23(17)15-7-4-3-5-8-15)22-19(26)21-14-10-9-13(11-14)18(24)25/h3-5,7-8,12-14H,2,6,9-11H2,1H3,(H,24,25)(H2,21,22,26)/t13-,14+/m0/s1. The Hall–Kier alpha value is -2.83. The summed E-state index contributed by atoms with van der Waals surface area (Å²) in [6, 6.07) is 9.38. The number of carbonyl (C=O) groups is 2. The summed E-state index contributed by atoms with van der Waals surface area (Å²) in [4.78, 5) is 23.4. The summed E-state index contributed by atoms with van der Waals surface area (Å²) in [7, 11) is 0. The highest BCUT2D eigenvalue weighted by atomic mass is 16.4. The molecule has 26 heavy (non-hydrogen) atoms. The number of urea groups is 1. The first-order valence-corrected chi connectivity index (χ1v) is 9.01. The van der Waals surface area contributed by atoms with Crippen LogP contribution in [0.5, 0.6) is 0 Å². The van der Waals surface area contributed by atoms with Crippen LogP contribution in [0.15, 0.2) is 36.5 Å². The first kappa shape index (κ1) is 18.0. The van der Waals surface area contributed by atoms with Crippen molar-refractivity contribution in [1.29, 1.82) is 0 Å². The van der Waals surface area contributed by atoms with E-state index >= 15 is 0 Å². The van der Waals surface area contributed by atoms with E-state index in [-0.39, 0.29) is 18.0 Å². The number of anilines is 1. The second-order valence-corrected chi connectivity index (χ2v) is 6.65. The molecule has 3 rings (SSSR count). The van der Waals surface area contributed by atoms with Crippen molar-refractivity contribution in [3.8, 4) is 5.69 Å². The van der Waals surface area contributed by atoms with Gasteiger partial charge in [0.05, 0.1) is 29.2 Å². The van der Waals surface area contributed by atoms with Crippen molar-refractivity contribution in [2.75, 3.05) is 5.32 Å². The number of amides is 2. The Morgan fingerprint density at radius 3 is 2.69 bits per heavy atom. The second-order valence-electron chi connectivity index (χ2n) is 6.65. The predicted octanol–water partition coefficient (Wildman–Crippen LogP) is 3.20. The van der Waals surface area contributed by atoms with E-state index in [2.05, 4.69) is 22.7 Å². The third-order valence-electron chi connectivity index (χ3n) is 4.72. The third-order valence-corrected chi connectivity index (χ3v) is 4.72. The summed E-state index contributed by atoms with van der Waals surface area (Å²) in [6.45, 7) is 2.08. The molecule has 2 amide bonds. The molecule has 3 N–H and O–H groups in total. The number of nitrogens with zero attached hydrogens (tertiary/aromatic N) is 2.